The highest BCUT2D eigenvalue weighted by Crippen LogP contribution is 2.35. The lowest BCUT2D eigenvalue weighted by molar-refractivity contribution is -0.274. The summed E-state index contributed by atoms with van der Waals surface area (Å²) in [5.74, 6) is -0.750. The summed E-state index contributed by atoms with van der Waals surface area (Å²) in [6.07, 6.45) is -6.42. The van der Waals surface area contributed by atoms with Crippen LogP contribution in [0.1, 0.15) is 5.56 Å². The molecule has 0 atom stereocenters. The second-order valence-corrected chi connectivity index (χ2v) is 3.30. The summed E-state index contributed by atoms with van der Waals surface area (Å²) >= 11 is 0. The molecule has 106 valence electrons. The largest absolute Gasteiger partial charge is 0.573 e. The molecule has 0 aliphatic rings. The van der Waals surface area contributed by atoms with Crippen molar-refractivity contribution in [3.05, 3.63) is 17.7 Å². The minimum atomic E-state index is -4.93. The Morgan fingerprint density at radius 2 is 2.05 bits per heavy atom. The molecule has 6 nitrogen and oxygen atoms in total. The zero-order chi connectivity index (χ0) is 14.6. The SMILES string of the molecule is COc1c(CO)cc(OC(F)(F)F)cc1NC(=O)O. The lowest BCUT2D eigenvalue weighted by Gasteiger charge is -2.15. The van der Waals surface area contributed by atoms with Crippen LogP contribution in [0.3, 0.4) is 0 Å². The van der Waals surface area contributed by atoms with E-state index in [1.54, 1.807) is 0 Å². The van der Waals surface area contributed by atoms with Gasteiger partial charge in [-0.1, -0.05) is 0 Å². The fourth-order valence-corrected chi connectivity index (χ4v) is 1.42. The van der Waals surface area contributed by atoms with Crippen LogP contribution >= 0.6 is 0 Å². The summed E-state index contributed by atoms with van der Waals surface area (Å²) in [5, 5.41) is 19.5. The molecule has 0 saturated heterocycles. The van der Waals surface area contributed by atoms with Gasteiger partial charge in [-0.25, -0.2) is 4.79 Å². The van der Waals surface area contributed by atoms with Crippen molar-refractivity contribution >= 4 is 11.8 Å². The number of hydrogen-bond donors (Lipinski definition) is 3. The molecular weight excluding hydrogens is 271 g/mol. The van der Waals surface area contributed by atoms with Gasteiger partial charge in [-0.3, -0.25) is 5.32 Å². The van der Waals surface area contributed by atoms with Crippen LogP contribution in [0.5, 0.6) is 11.5 Å². The monoisotopic (exact) mass is 281 g/mol. The Kier molecular flexibility index (Phi) is 4.43. The number of halogens is 3. The molecule has 1 rings (SSSR count). The summed E-state index contributed by atoms with van der Waals surface area (Å²) in [7, 11) is 1.19. The average molecular weight is 281 g/mol. The number of amides is 1. The molecule has 0 heterocycles. The van der Waals surface area contributed by atoms with Crippen molar-refractivity contribution in [2.45, 2.75) is 13.0 Å². The first-order chi connectivity index (χ1) is 8.76. The lowest BCUT2D eigenvalue weighted by Crippen LogP contribution is -2.18. The summed E-state index contributed by atoms with van der Waals surface area (Å²) in [6.45, 7) is -0.646. The Morgan fingerprint density at radius 3 is 2.47 bits per heavy atom. The Hall–Kier alpha value is -2.16. The zero-order valence-electron chi connectivity index (χ0n) is 9.61. The van der Waals surface area contributed by atoms with E-state index >= 15 is 0 Å². The van der Waals surface area contributed by atoms with Crippen LogP contribution in [-0.2, 0) is 6.61 Å². The van der Waals surface area contributed by atoms with E-state index < -0.39 is 24.8 Å². The van der Waals surface area contributed by atoms with Crippen LogP contribution < -0.4 is 14.8 Å². The Balaban J connectivity index is 3.25. The van der Waals surface area contributed by atoms with Crippen LogP contribution in [0.4, 0.5) is 23.7 Å². The van der Waals surface area contributed by atoms with Crippen molar-refractivity contribution in [1.29, 1.82) is 0 Å². The molecule has 0 bridgehead atoms. The normalized spacial score (nSPS) is 11.0. The maximum absolute atomic E-state index is 12.1. The van der Waals surface area contributed by atoms with E-state index in [4.69, 9.17) is 14.9 Å². The number of methoxy groups -OCH3 is 1. The maximum Gasteiger partial charge on any atom is 0.573 e. The third-order valence-corrected chi connectivity index (χ3v) is 1.99. The third-order valence-electron chi connectivity index (χ3n) is 1.99. The van der Waals surface area contributed by atoms with Crippen LogP contribution in [0, 0.1) is 0 Å². The van der Waals surface area contributed by atoms with E-state index in [2.05, 4.69) is 4.74 Å². The smallest absolute Gasteiger partial charge is 0.494 e. The van der Waals surface area contributed by atoms with Gasteiger partial charge in [0.25, 0.3) is 0 Å². The first-order valence-corrected chi connectivity index (χ1v) is 4.84. The van der Waals surface area contributed by atoms with Gasteiger partial charge >= 0.3 is 12.5 Å². The molecule has 0 radical (unpaired) electrons. The summed E-state index contributed by atoms with van der Waals surface area (Å²) < 4.78 is 44.8. The molecule has 1 aromatic rings. The van der Waals surface area contributed by atoms with Gasteiger partial charge in [0, 0.05) is 11.6 Å². The predicted molar refractivity (Wildman–Crippen MR) is 57.2 cm³/mol. The summed E-state index contributed by atoms with van der Waals surface area (Å²) in [5.41, 5.74) is -0.311. The molecule has 0 aliphatic carbocycles. The van der Waals surface area contributed by atoms with Crippen molar-refractivity contribution < 1.29 is 37.7 Å². The number of benzene rings is 1. The Bertz CT molecular complexity index is 475. The number of aliphatic hydroxyl groups excluding tert-OH is 1. The second-order valence-electron chi connectivity index (χ2n) is 3.30. The van der Waals surface area contributed by atoms with Gasteiger partial charge in [-0.05, 0) is 6.07 Å². The topological polar surface area (TPSA) is 88.0 Å². The summed E-state index contributed by atoms with van der Waals surface area (Å²) in [6, 6.07) is 1.71. The molecule has 9 heteroatoms. The molecule has 0 aromatic heterocycles. The molecule has 3 N–H and O–H groups in total. The number of aliphatic hydroxyl groups is 1. The van der Waals surface area contributed by atoms with E-state index in [1.807, 2.05) is 5.32 Å². The van der Waals surface area contributed by atoms with Gasteiger partial charge in [-0.15, -0.1) is 13.2 Å². The first-order valence-electron chi connectivity index (χ1n) is 4.84. The van der Waals surface area contributed by atoms with E-state index in [0.717, 1.165) is 12.1 Å². The summed E-state index contributed by atoms with van der Waals surface area (Å²) in [4.78, 5) is 10.5. The van der Waals surface area contributed by atoms with Gasteiger partial charge in [0.2, 0.25) is 0 Å². The standard InChI is InChI=1S/C10H10F3NO5/c1-18-8-5(4-15)2-6(19-10(11,12)13)3-7(8)14-9(16)17/h2-3,14-15H,4H2,1H3,(H,16,17). The fraction of sp³-hybridized carbons (Fsp3) is 0.300. The molecule has 19 heavy (non-hydrogen) atoms. The molecule has 1 aromatic carbocycles. The third kappa shape index (κ3) is 4.21. The van der Waals surface area contributed by atoms with Crippen LogP contribution in [0.15, 0.2) is 12.1 Å². The fourth-order valence-electron chi connectivity index (χ4n) is 1.42. The van der Waals surface area contributed by atoms with Crippen molar-refractivity contribution in [2.75, 3.05) is 12.4 Å². The predicted octanol–water partition coefficient (Wildman–Crippen LogP) is 2.18. The number of hydrogen-bond acceptors (Lipinski definition) is 4. The van der Waals surface area contributed by atoms with Gasteiger partial charge in [0.15, 0.2) is 0 Å². The highest BCUT2D eigenvalue weighted by molar-refractivity contribution is 5.86. The van der Waals surface area contributed by atoms with Gasteiger partial charge in [0.05, 0.1) is 19.4 Å². The van der Waals surface area contributed by atoms with Gasteiger partial charge in [-0.2, -0.15) is 0 Å². The molecule has 1 amide bonds. The highest BCUT2D eigenvalue weighted by atomic mass is 19.4. The van der Waals surface area contributed by atoms with E-state index in [0.29, 0.717) is 0 Å². The van der Waals surface area contributed by atoms with Crippen LogP contribution in [0.2, 0.25) is 0 Å². The van der Waals surface area contributed by atoms with Crippen LogP contribution in [0.25, 0.3) is 0 Å². The maximum atomic E-state index is 12.1. The second kappa shape index (κ2) is 5.65. The number of carboxylic acid groups (broad SMARTS) is 1. The van der Waals surface area contributed by atoms with Crippen LogP contribution in [-0.4, -0.2) is 29.8 Å². The number of nitrogens with one attached hydrogen (secondary N) is 1. The number of alkyl halides is 3. The van der Waals surface area contributed by atoms with Crippen molar-refractivity contribution in [1.82, 2.24) is 0 Å². The van der Waals surface area contributed by atoms with E-state index in [-0.39, 0.29) is 17.0 Å². The number of ether oxygens (including phenoxy) is 2. The number of rotatable bonds is 4. The minimum absolute atomic E-state index is 0.0481. The lowest BCUT2D eigenvalue weighted by atomic mass is 10.1. The molecule has 0 unspecified atom stereocenters. The van der Waals surface area contributed by atoms with Crippen molar-refractivity contribution in [3.63, 3.8) is 0 Å². The average Bonchev–Trinajstić information content (AvgIpc) is 2.25. The highest BCUT2D eigenvalue weighted by Gasteiger charge is 2.32. The molecular formula is C10H10F3NO5. The quantitative estimate of drug-likeness (QED) is 0.787. The van der Waals surface area contributed by atoms with Crippen molar-refractivity contribution in [2.24, 2.45) is 0 Å². The zero-order valence-corrected chi connectivity index (χ0v) is 9.61. The molecule has 0 fully saturated rings. The molecule has 0 spiro atoms. The first kappa shape index (κ1) is 14.9. The number of anilines is 1. The number of carbonyl (C=O) groups is 1. The Labute approximate surface area is 105 Å². The van der Waals surface area contributed by atoms with Gasteiger partial charge < -0.3 is 19.7 Å². The van der Waals surface area contributed by atoms with E-state index in [9.17, 15) is 18.0 Å². The molecule has 0 aliphatic heterocycles. The van der Waals surface area contributed by atoms with E-state index in [1.165, 1.54) is 7.11 Å². The van der Waals surface area contributed by atoms with Gasteiger partial charge in [0.1, 0.15) is 11.5 Å². The Morgan fingerprint density at radius 1 is 1.42 bits per heavy atom. The van der Waals surface area contributed by atoms with Crippen molar-refractivity contribution in [3.8, 4) is 11.5 Å². The minimum Gasteiger partial charge on any atom is -0.494 e. The molecule has 0 saturated carbocycles.